The second-order valence-corrected chi connectivity index (χ2v) is 6.88. The lowest BCUT2D eigenvalue weighted by atomic mass is 9.89. The van der Waals surface area contributed by atoms with Crippen molar-refractivity contribution in [2.45, 2.75) is 46.1 Å². The zero-order chi connectivity index (χ0) is 15.1. The highest BCUT2D eigenvalue weighted by molar-refractivity contribution is 5.22. The number of likely N-dealkylation sites (N-methyl/N-ethyl adjacent to an activating group) is 1. The molecular formula is C19H32N2. The van der Waals surface area contributed by atoms with Crippen molar-refractivity contribution in [1.82, 2.24) is 10.2 Å². The van der Waals surface area contributed by atoms with Crippen molar-refractivity contribution in [3.05, 3.63) is 35.4 Å². The highest BCUT2D eigenvalue weighted by Crippen LogP contribution is 2.25. The van der Waals surface area contributed by atoms with E-state index in [4.69, 9.17) is 0 Å². The minimum absolute atomic E-state index is 0.844. The van der Waals surface area contributed by atoms with E-state index in [9.17, 15) is 0 Å². The maximum Gasteiger partial charge on any atom is 0.0233 e. The molecule has 2 rings (SSSR count). The fraction of sp³-hybridized carbons (Fsp3) is 0.684. The molecule has 2 heteroatoms. The Hall–Kier alpha value is -0.860. The van der Waals surface area contributed by atoms with Gasteiger partial charge in [-0.1, -0.05) is 38.1 Å². The lowest BCUT2D eigenvalue weighted by Gasteiger charge is -2.21. The van der Waals surface area contributed by atoms with Crippen LogP contribution in [0.15, 0.2) is 24.3 Å². The Morgan fingerprint density at radius 2 is 1.81 bits per heavy atom. The zero-order valence-corrected chi connectivity index (χ0v) is 14.1. The molecule has 0 saturated carbocycles. The Bertz CT molecular complexity index is 397. The van der Waals surface area contributed by atoms with E-state index in [2.05, 4.69) is 48.3 Å². The Labute approximate surface area is 130 Å². The van der Waals surface area contributed by atoms with Crippen LogP contribution in [0.25, 0.3) is 0 Å². The van der Waals surface area contributed by atoms with E-state index in [1.165, 1.54) is 43.5 Å². The third-order valence-electron chi connectivity index (χ3n) is 4.90. The average Bonchev–Trinajstić information content (AvgIpc) is 2.72. The Morgan fingerprint density at radius 1 is 1.10 bits per heavy atom. The fourth-order valence-electron chi connectivity index (χ4n) is 3.35. The van der Waals surface area contributed by atoms with Crippen LogP contribution in [0.1, 0.15) is 44.2 Å². The van der Waals surface area contributed by atoms with Gasteiger partial charge in [0.25, 0.3) is 0 Å². The van der Waals surface area contributed by atoms with Gasteiger partial charge in [0.1, 0.15) is 0 Å². The van der Waals surface area contributed by atoms with Crippen molar-refractivity contribution >= 4 is 0 Å². The molecule has 0 radical (unpaired) electrons. The van der Waals surface area contributed by atoms with Crippen LogP contribution in [0, 0.1) is 11.8 Å². The number of likely N-dealkylation sites (tertiary alicyclic amines) is 1. The molecule has 0 spiro atoms. The Morgan fingerprint density at radius 3 is 2.48 bits per heavy atom. The molecule has 1 atom stereocenters. The van der Waals surface area contributed by atoms with Crippen LogP contribution in [-0.4, -0.2) is 31.6 Å². The summed E-state index contributed by atoms with van der Waals surface area (Å²) in [5, 5.41) is 3.21. The topological polar surface area (TPSA) is 15.3 Å². The zero-order valence-electron chi connectivity index (χ0n) is 14.1. The highest BCUT2D eigenvalue weighted by Gasteiger charge is 2.19. The molecule has 0 bridgehead atoms. The van der Waals surface area contributed by atoms with Crippen molar-refractivity contribution in [3.63, 3.8) is 0 Å². The van der Waals surface area contributed by atoms with Crippen molar-refractivity contribution in [1.29, 1.82) is 0 Å². The van der Waals surface area contributed by atoms with E-state index in [-0.39, 0.29) is 0 Å². The van der Waals surface area contributed by atoms with Gasteiger partial charge < -0.3 is 5.32 Å². The molecule has 1 aliphatic heterocycles. The van der Waals surface area contributed by atoms with Gasteiger partial charge in [-0.2, -0.15) is 0 Å². The number of nitrogens with zero attached hydrogens (tertiary/aromatic N) is 1. The van der Waals surface area contributed by atoms with Crippen LogP contribution in [-0.2, 0) is 13.0 Å². The SMILES string of the molecule is CNCCc1ccc(CN2CCCC(C(C)C)CC2)cc1. The largest absolute Gasteiger partial charge is 0.319 e. The molecule has 1 aliphatic rings. The first kappa shape index (κ1) is 16.5. The van der Waals surface area contributed by atoms with Gasteiger partial charge in [-0.15, -0.1) is 0 Å². The van der Waals surface area contributed by atoms with Crippen LogP contribution >= 0.6 is 0 Å². The van der Waals surface area contributed by atoms with E-state index in [0.717, 1.165) is 31.3 Å². The van der Waals surface area contributed by atoms with E-state index >= 15 is 0 Å². The lowest BCUT2D eigenvalue weighted by Crippen LogP contribution is -2.24. The first-order valence-electron chi connectivity index (χ1n) is 8.64. The predicted molar refractivity (Wildman–Crippen MR) is 91.5 cm³/mol. The molecule has 1 fully saturated rings. The summed E-state index contributed by atoms with van der Waals surface area (Å²) in [7, 11) is 2.01. The van der Waals surface area contributed by atoms with Gasteiger partial charge in [0.2, 0.25) is 0 Å². The van der Waals surface area contributed by atoms with Gasteiger partial charge in [0.15, 0.2) is 0 Å². The van der Waals surface area contributed by atoms with E-state index < -0.39 is 0 Å². The number of nitrogens with one attached hydrogen (secondary N) is 1. The third-order valence-corrected chi connectivity index (χ3v) is 4.90. The normalized spacial score (nSPS) is 20.7. The second-order valence-electron chi connectivity index (χ2n) is 6.88. The van der Waals surface area contributed by atoms with Gasteiger partial charge in [-0.3, -0.25) is 4.90 Å². The Kier molecular flexibility index (Phi) is 6.72. The van der Waals surface area contributed by atoms with Crippen LogP contribution < -0.4 is 5.32 Å². The summed E-state index contributed by atoms with van der Waals surface area (Å²) in [5.41, 5.74) is 2.90. The predicted octanol–water partition coefficient (Wildman–Crippen LogP) is 3.71. The molecule has 118 valence electrons. The quantitative estimate of drug-likeness (QED) is 0.858. The molecule has 0 aromatic heterocycles. The Balaban J connectivity index is 1.83. The molecule has 1 N–H and O–H groups in total. The maximum atomic E-state index is 3.21. The molecule has 1 aromatic carbocycles. The van der Waals surface area contributed by atoms with Crippen LogP contribution in [0.3, 0.4) is 0 Å². The minimum atomic E-state index is 0.844. The summed E-state index contributed by atoms with van der Waals surface area (Å²) in [4.78, 5) is 2.64. The number of benzene rings is 1. The number of rotatable bonds is 6. The van der Waals surface area contributed by atoms with E-state index in [1.807, 2.05) is 7.05 Å². The van der Waals surface area contributed by atoms with Crippen molar-refractivity contribution in [3.8, 4) is 0 Å². The number of hydrogen-bond acceptors (Lipinski definition) is 2. The van der Waals surface area contributed by atoms with Gasteiger partial charge in [-0.25, -0.2) is 0 Å². The lowest BCUT2D eigenvalue weighted by molar-refractivity contribution is 0.265. The van der Waals surface area contributed by atoms with Crippen molar-refractivity contribution in [2.75, 3.05) is 26.7 Å². The van der Waals surface area contributed by atoms with E-state index in [1.54, 1.807) is 0 Å². The molecule has 1 aromatic rings. The smallest absolute Gasteiger partial charge is 0.0233 e. The second kappa shape index (κ2) is 8.55. The molecule has 0 amide bonds. The van der Waals surface area contributed by atoms with Crippen LogP contribution in [0.4, 0.5) is 0 Å². The summed E-state index contributed by atoms with van der Waals surface area (Å²) in [6.07, 6.45) is 5.27. The maximum absolute atomic E-state index is 3.21. The third kappa shape index (κ3) is 5.44. The van der Waals surface area contributed by atoms with Crippen LogP contribution in [0.2, 0.25) is 0 Å². The standard InChI is InChI=1S/C19H32N2/c1-16(2)19-5-4-13-21(14-11-19)15-18-8-6-17(7-9-18)10-12-20-3/h6-9,16,19-20H,4-5,10-15H2,1-3H3. The first-order valence-corrected chi connectivity index (χ1v) is 8.64. The average molecular weight is 288 g/mol. The monoisotopic (exact) mass is 288 g/mol. The summed E-state index contributed by atoms with van der Waals surface area (Å²) in [6, 6.07) is 9.22. The van der Waals surface area contributed by atoms with Crippen molar-refractivity contribution < 1.29 is 0 Å². The molecule has 2 nitrogen and oxygen atoms in total. The fourth-order valence-corrected chi connectivity index (χ4v) is 3.35. The summed E-state index contributed by atoms with van der Waals surface area (Å²) >= 11 is 0. The highest BCUT2D eigenvalue weighted by atomic mass is 15.1. The molecule has 21 heavy (non-hydrogen) atoms. The molecule has 1 heterocycles. The van der Waals surface area contributed by atoms with Gasteiger partial charge in [-0.05, 0) is 75.3 Å². The van der Waals surface area contributed by atoms with Crippen molar-refractivity contribution in [2.24, 2.45) is 11.8 Å². The molecule has 1 saturated heterocycles. The van der Waals surface area contributed by atoms with Gasteiger partial charge >= 0.3 is 0 Å². The first-order chi connectivity index (χ1) is 10.2. The molecule has 0 aliphatic carbocycles. The van der Waals surface area contributed by atoms with Gasteiger partial charge in [0.05, 0.1) is 0 Å². The molecule has 1 unspecified atom stereocenters. The summed E-state index contributed by atoms with van der Waals surface area (Å²) in [5.74, 6) is 1.77. The number of hydrogen-bond donors (Lipinski definition) is 1. The minimum Gasteiger partial charge on any atom is -0.319 e. The summed E-state index contributed by atoms with van der Waals surface area (Å²) < 4.78 is 0. The summed E-state index contributed by atoms with van der Waals surface area (Å²) in [6.45, 7) is 9.47. The molecular weight excluding hydrogens is 256 g/mol. The van der Waals surface area contributed by atoms with E-state index in [0.29, 0.717) is 0 Å². The van der Waals surface area contributed by atoms with Crippen LogP contribution in [0.5, 0.6) is 0 Å². The van der Waals surface area contributed by atoms with Gasteiger partial charge in [0, 0.05) is 6.54 Å².